The van der Waals surface area contributed by atoms with E-state index >= 15 is 0 Å². The van der Waals surface area contributed by atoms with Crippen LogP contribution in [-0.4, -0.2) is 13.3 Å². The molecule has 6 heteroatoms. The molecule has 0 saturated carbocycles. The van der Waals surface area contributed by atoms with Gasteiger partial charge < -0.3 is 15.2 Å². The highest BCUT2D eigenvalue weighted by Gasteiger charge is 2.49. The Morgan fingerprint density at radius 2 is 1.85 bits per heavy atom. The molecule has 4 unspecified atom stereocenters. The third-order valence-electron chi connectivity index (χ3n) is 5.36. The number of hydrazine groups is 1. The summed E-state index contributed by atoms with van der Waals surface area (Å²) in [4.78, 5) is 0. The number of fused-ring (bicyclic) bond motifs is 1. The van der Waals surface area contributed by atoms with Crippen LogP contribution in [0.1, 0.15) is 28.7 Å². The third kappa shape index (κ3) is 2.91. The monoisotopic (exact) mass is 362 g/mol. The van der Waals surface area contributed by atoms with Crippen molar-refractivity contribution in [3.63, 3.8) is 0 Å². The van der Waals surface area contributed by atoms with E-state index in [1.165, 1.54) is 5.56 Å². The SMILES string of the molecule is COc1ccccc1C1C(C#N)=C(N)OC2NNC(c3ccc(C)cc3)C21. The van der Waals surface area contributed by atoms with E-state index in [1.54, 1.807) is 7.11 Å². The fourth-order valence-electron chi connectivity index (χ4n) is 4.05. The van der Waals surface area contributed by atoms with Crippen molar-refractivity contribution in [2.24, 2.45) is 11.7 Å². The van der Waals surface area contributed by atoms with Crippen molar-refractivity contribution in [2.75, 3.05) is 7.11 Å². The smallest absolute Gasteiger partial charge is 0.200 e. The van der Waals surface area contributed by atoms with Gasteiger partial charge in [0.15, 0.2) is 6.23 Å². The van der Waals surface area contributed by atoms with Crippen LogP contribution in [0.15, 0.2) is 60.0 Å². The maximum absolute atomic E-state index is 9.82. The second-order valence-electron chi connectivity index (χ2n) is 6.90. The zero-order valence-electron chi connectivity index (χ0n) is 15.3. The van der Waals surface area contributed by atoms with E-state index in [2.05, 4.69) is 48.1 Å². The summed E-state index contributed by atoms with van der Waals surface area (Å²) in [5.74, 6) is 0.580. The average molecular weight is 362 g/mol. The van der Waals surface area contributed by atoms with Crippen LogP contribution in [0.2, 0.25) is 0 Å². The molecule has 27 heavy (non-hydrogen) atoms. The van der Waals surface area contributed by atoms with Crippen molar-refractivity contribution in [2.45, 2.75) is 25.1 Å². The molecule has 0 aliphatic carbocycles. The molecule has 0 spiro atoms. The van der Waals surface area contributed by atoms with Crippen LogP contribution < -0.4 is 21.3 Å². The molecular weight excluding hydrogens is 340 g/mol. The summed E-state index contributed by atoms with van der Waals surface area (Å²) in [6.07, 6.45) is -0.344. The Balaban J connectivity index is 1.84. The van der Waals surface area contributed by atoms with Gasteiger partial charge in [-0.25, -0.2) is 10.9 Å². The van der Waals surface area contributed by atoms with Gasteiger partial charge in [0, 0.05) is 17.4 Å². The van der Waals surface area contributed by atoms with Gasteiger partial charge in [0.1, 0.15) is 11.8 Å². The molecule has 2 heterocycles. The molecule has 6 nitrogen and oxygen atoms in total. The largest absolute Gasteiger partial charge is 0.496 e. The molecule has 4 atom stereocenters. The lowest BCUT2D eigenvalue weighted by molar-refractivity contribution is 0.0337. The van der Waals surface area contributed by atoms with Crippen molar-refractivity contribution < 1.29 is 9.47 Å². The van der Waals surface area contributed by atoms with Gasteiger partial charge in [0.2, 0.25) is 5.88 Å². The third-order valence-corrected chi connectivity index (χ3v) is 5.36. The molecule has 0 aromatic heterocycles. The lowest BCUT2D eigenvalue weighted by Crippen LogP contribution is -2.41. The average Bonchev–Trinajstić information content (AvgIpc) is 3.10. The molecule has 2 aromatic carbocycles. The van der Waals surface area contributed by atoms with E-state index in [4.69, 9.17) is 15.2 Å². The fourth-order valence-corrected chi connectivity index (χ4v) is 4.05. The van der Waals surface area contributed by atoms with Crippen molar-refractivity contribution in [3.8, 4) is 11.8 Å². The lowest BCUT2D eigenvalue weighted by Gasteiger charge is -2.36. The summed E-state index contributed by atoms with van der Waals surface area (Å²) in [6.45, 7) is 2.06. The number of nitrogens with zero attached hydrogens (tertiary/aromatic N) is 1. The number of aryl methyl sites for hydroxylation is 1. The fraction of sp³-hybridized carbons (Fsp3) is 0.286. The van der Waals surface area contributed by atoms with Crippen molar-refractivity contribution in [1.29, 1.82) is 5.26 Å². The Morgan fingerprint density at radius 3 is 2.56 bits per heavy atom. The molecule has 2 aliphatic heterocycles. The van der Waals surface area contributed by atoms with Gasteiger partial charge in [-0.2, -0.15) is 5.26 Å². The number of nitriles is 1. The minimum absolute atomic E-state index is 0.0398. The normalized spacial score (nSPS) is 26.9. The first-order chi connectivity index (χ1) is 13.1. The topological polar surface area (TPSA) is 92.3 Å². The number of hydrogen-bond donors (Lipinski definition) is 3. The van der Waals surface area contributed by atoms with Gasteiger partial charge in [-0.15, -0.1) is 0 Å². The second kappa shape index (κ2) is 6.95. The van der Waals surface area contributed by atoms with Crippen LogP contribution in [0.4, 0.5) is 0 Å². The number of para-hydroxylation sites is 1. The van der Waals surface area contributed by atoms with E-state index in [9.17, 15) is 5.26 Å². The summed E-state index contributed by atoms with van der Waals surface area (Å²) >= 11 is 0. The summed E-state index contributed by atoms with van der Waals surface area (Å²) in [6, 6.07) is 18.4. The molecule has 2 aromatic rings. The van der Waals surface area contributed by atoms with E-state index < -0.39 is 0 Å². The Bertz CT molecular complexity index is 917. The highest BCUT2D eigenvalue weighted by molar-refractivity contribution is 5.48. The van der Waals surface area contributed by atoms with Crippen molar-refractivity contribution >= 4 is 0 Å². The number of ether oxygens (including phenoxy) is 2. The molecule has 0 amide bonds. The number of nitrogens with two attached hydrogens (primary N) is 1. The van der Waals surface area contributed by atoms with Crippen LogP contribution in [0.3, 0.4) is 0 Å². The van der Waals surface area contributed by atoms with Crippen molar-refractivity contribution in [1.82, 2.24) is 10.9 Å². The Kier molecular flexibility index (Phi) is 4.48. The second-order valence-corrected chi connectivity index (χ2v) is 6.90. The quantitative estimate of drug-likeness (QED) is 0.777. The maximum atomic E-state index is 9.82. The van der Waals surface area contributed by atoms with Gasteiger partial charge in [0.05, 0.1) is 18.7 Å². The Labute approximate surface area is 158 Å². The van der Waals surface area contributed by atoms with Gasteiger partial charge in [-0.1, -0.05) is 48.0 Å². The Hall–Kier alpha value is -3.01. The first-order valence-electron chi connectivity index (χ1n) is 8.91. The Morgan fingerprint density at radius 1 is 1.11 bits per heavy atom. The number of benzene rings is 2. The highest BCUT2D eigenvalue weighted by atomic mass is 16.5. The van der Waals surface area contributed by atoms with E-state index in [1.807, 2.05) is 24.3 Å². The molecule has 138 valence electrons. The zero-order valence-corrected chi connectivity index (χ0v) is 15.3. The van der Waals surface area contributed by atoms with Crippen LogP contribution in [0.5, 0.6) is 5.75 Å². The summed E-state index contributed by atoms with van der Waals surface area (Å²) in [5.41, 5.74) is 16.3. The highest BCUT2D eigenvalue weighted by Crippen LogP contribution is 2.49. The van der Waals surface area contributed by atoms with Gasteiger partial charge in [0.25, 0.3) is 0 Å². The van der Waals surface area contributed by atoms with Crippen LogP contribution >= 0.6 is 0 Å². The maximum Gasteiger partial charge on any atom is 0.200 e. The summed E-state index contributed by atoms with van der Waals surface area (Å²) < 4.78 is 11.4. The number of allylic oxidation sites excluding steroid dienone is 1. The van der Waals surface area contributed by atoms with E-state index in [0.717, 1.165) is 16.9 Å². The lowest BCUT2D eigenvalue weighted by atomic mass is 9.74. The first kappa shape index (κ1) is 17.4. The van der Waals surface area contributed by atoms with Crippen LogP contribution in [-0.2, 0) is 4.74 Å². The first-order valence-corrected chi connectivity index (χ1v) is 8.91. The van der Waals surface area contributed by atoms with Crippen molar-refractivity contribution in [3.05, 3.63) is 76.7 Å². The molecule has 1 fully saturated rings. The van der Waals surface area contributed by atoms with Crippen LogP contribution in [0, 0.1) is 24.2 Å². The molecule has 4 rings (SSSR count). The predicted molar refractivity (Wildman–Crippen MR) is 101 cm³/mol. The number of methoxy groups -OCH3 is 1. The summed E-state index contributed by atoms with van der Waals surface area (Å²) in [5, 5.41) is 9.82. The minimum Gasteiger partial charge on any atom is -0.496 e. The van der Waals surface area contributed by atoms with Crippen LogP contribution in [0.25, 0.3) is 0 Å². The number of hydrogen-bond acceptors (Lipinski definition) is 6. The number of rotatable bonds is 3. The molecule has 2 aliphatic rings. The molecule has 0 bridgehead atoms. The molecule has 1 saturated heterocycles. The van der Waals surface area contributed by atoms with Gasteiger partial charge in [-0.05, 0) is 18.6 Å². The minimum atomic E-state index is -0.344. The van der Waals surface area contributed by atoms with Gasteiger partial charge >= 0.3 is 0 Å². The number of nitrogens with one attached hydrogen (secondary N) is 2. The molecular formula is C21H22N4O2. The van der Waals surface area contributed by atoms with Gasteiger partial charge in [-0.3, -0.25) is 0 Å². The van der Waals surface area contributed by atoms with E-state index in [0.29, 0.717) is 5.57 Å². The standard InChI is InChI=1S/C21H22N4O2/c1-12-7-9-13(10-8-12)19-18-17(14-5-3-4-6-16(14)26-2)15(11-22)20(23)27-21(18)25-24-19/h3-10,17-19,21,24-25H,23H2,1-2H3. The molecule has 4 N–H and O–H groups in total. The predicted octanol–water partition coefficient (Wildman–Crippen LogP) is 2.60. The summed E-state index contributed by atoms with van der Waals surface area (Å²) in [7, 11) is 1.64. The van der Waals surface area contributed by atoms with E-state index in [-0.39, 0.29) is 30.0 Å². The zero-order chi connectivity index (χ0) is 19.0. The molecule has 0 radical (unpaired) electrons.